The molecule has 0 aliphatic carbocycles. The van der Waals surface area contributed by atoms with Crippen LogP contribution in [0.15, 0.2) is 48.5 Å². The summed E-state index contributed by atoms with van der Waals surface area (Å²) in [6, 6.07) is 16.9. The van der Waals surface area contributed by atoms with Crippen LogP contribution in [-0.4, -0.2) is 61.4 Å². The zero-order chi connectivity index (χ0) is 21.8. The van der Waals surface area contributed by atoms with Gasteiger partial charge in [0.1, 0.15) is 11.8 Å². The van der Waals surface area contributed by atoms with Crippen LogP contribution in [0.1, 0.15) is 34.8 Å². The first-order chi connectivity index (χ1) is 15.1. The Labute approximate surface area is 182 Å². The smallest absolute Gasteiger partial charge is 0.253 e. The highest BCUT2D eigenvalue weighted by molar-refractivity contribution is 5.97. The Bertz CT molecular complexity index is 973. The van der Waals surface area contributed by atoms with Crippen molar-refractivity contribution in [3.8, 4) is 11.8 Å². The number of carbonyl (C=O) groups is 2. The zero-order valence-corrected chi connectivity index (χ0v) is 17.7. The van der Waals surface area contributed by atoms with Crippen molar-refractivity contribution >= 4 is 17.5 Å². The molecular weight excluding hydrogens is 392 g/mol. The molecule has 0 saturated carbocycles. The number of anilines is 1. The van der Waals surface area contributed by atoms with Crippen LogP contribution in [0.2, 0.25) is 0 Å². The summed E-state index contributed by atoms with van der Waals surface area (Å²) in [6.07, 6.45) is 1.47. The molecule has 2 aromatic rings. The number of methoxy groups -OCH3 is 1. The number of hydrogen-bond acceptors (Lipinski definition) is 5. The van der Waals surface area contributed by atoms with Crippen LogP contribution in [0.5, 0.6) is 5.75 Å². The molecule has 2 heterocycles. The third-order valence-corrected chi connectivity index (χ3v) is 6.02. The van der Waals surface area contributed by atoms with E-state index < -0.39 is 0 Å². The number of nitrogens with zero attached hydrogens (tertiary/aromatic N) is 4. The van der Waals surface area contributed by atoms with Crippen molar-refractivity contribution in [1.29, 1.82) is 5.26 Å². The maximum absolute atomic E-state index is 12.9. The number of ether oxygens (including phenoxy) is 1. The minimum Gasteiger partial charge on any atom is -0.497 e. The van der Waals surface area contributed by atoms with E-state index in [1.54, 1.807) is 24.1 Å². The molecule has 31 heavy (non-hydrogen) atoms. The number of benzene rings is 2. The van der Waals surface area contributed by atoms with Gasteiger partial charge in [-0.15, -0.1) is 0 Å². The molecule has 7 nitrogen and oxygen atoms in total. The summed E-state index contributed by atoms with van der Waals surface area (Å²) in [7, 11) is 1.62. The molecule has 4 rings (SSSR count). The van der Waals surface area contributed by atoms with E-state index in [1.807, 2.05) is 41.3 Å². The second kappa shape index (κ2) is 9.19. The molecule has 2 aliphatic rings. The second-order valence-corrected chi connectivity index (χ2v) is 7.83. The number of amides is 2. The standard InChI is InChI=1S/C24H26N4O3/c1-31-21-10-6-18(7-11-21)22(17-25)26-13-15-27(16-14-26)24(30)19-4-8-20(9-5-19)28-12-2-3-23(28)29/h4-11,22H,2-3,12-16H2,1H3. The second-order valence-electron chi connectivity index (χ2n) is 7.83. The summed E-state index contributed by atoms with van der Waals surface area (Å²) in [5.41, 5.74) is 2.39. The minimum absolute atomic E-state index is 0.0168. The molecule has 2 aromatic carbocycles. The zero-order valence-electron chi connectivity index (χ0n) is 17.7. The van der Waals surface area contributed by atoms with Crippen molar-refractivity contribution in [2.75, 3.05) is 44.7 Å². The normalized spacial score (nSPS) is 18.0. The van der Waals surface area contributed by atoms with Gasteiger partial charge < -0.3 is 14.5 Å². The Balaban J connectivity index is 1.37. The van der Waals surface area contributed by atoms with Crippen LogP contribution in [0.4, 0.5) is 5.69 Å². The van der Waals surface area contributed by atoms with Gasteiger partial charge in [0.15, 0.2) is 0 Å². The highest BCUT2D eigenvalue weighted by atomic mass is 16.5. The van der Waals surface area contributed by atoms with Crippen LogP contribution in [0.25, 0.3) is 0 Å². The maximum Gasteiger partial charge on any atom is 0.253 e. The summed E-state index contributed by atoms with van der Waals surface area (Å²) >= 11 is 0. The van der Waals surface area contributed by atoms with E-state index in [2.05, 4.69) is 11.0 Å². The minimum atomic E-state index is -0.347. The van der Waals surface area contributed by atoms with Gasteiger partial charge in [0.25, 0.3) is 5.91 Å². The Morgan fingerprint density at radius 2 is 1.68 bits per heavy atom. The summed E-state index contributed by atoms with van der Waals surface area (Å²) in [6.45, 7) is 3.15. The number of rotatable bonds is 5. The van der Waals surface area contributed by atoms with Crippen LogP contribution < -0.4 is 9.64 Å². The van der Waals surface area contributed by atoms with Crippen molar-refractivity contribution in [2.45, 2.75) is 18.9 Å². The van der Waals surface area contributed by atoms with E-state index in [4.69, 9.17) is 4.74 Å². The van der Waals surface area contributed by atoms with Crippen molar-refractivity contribution in [3.05, 3.63) is 59.7 Å². The van der Waals surface area contributed by atoms with Gasteiger partial charge in [-0.1, -0.05) is 12.1 Å². The van der Waals surface area contributed by atoms with E-state index in [0.29, 0.717) is 38.2 Å². The lowest BCUT2D eigenvalue weighted by Gasteiger charge is -2.37. The van der Waals surface area contributed by atoms with Gasteiger partial charge in [0, 0.05) is 50.4 Å². The van der Waals surface area contributed by atoms with E-state index in [9.17, 15) is 14.9 Å². The predicted molar refractivity (Wildman–Crippen MR) is 117 cm³/mol. The van der Waals surface area contributed by atoms with Gasteiger partial charge in [0.05, 0.1) is 13.2 Å². The van der Waals surface area contributed by atoms with Crippen molar-refractivity contribution in [1.82, 2.24) is 9.80 Å². The fraction of sp³-hybridized carbons (Fsp3) is 0.375. The fourth-order valence-electron chi connectivity index (χ4n) is 4.22. The topological polar surface area (TPSA) is 76.9 Å². The van der Waals surface area contributed by atoms with E-state index in [1.165, 1.54) is 0 Å². The van der Waals surface area contributed by atoms with Gasteiger partial charge >= 0.3 is 0 Å². The molecule has 2 aliphatic heterocycles. The molecule has 0 aromatic heterocycles. The Morgan fingerprint density at radius 1 is 1.00 bits per heavy atom. The molecule has 7 heteroatoms. The van der Waals surface area contributed by atoms with Crippen LogP contribution >= 0.6 is 0 Å². The molecule has 1 atom stereocenters. The average Bonchev–Trinajstić information content (AvgIpc) is 3.26. The number of hydrogen-bond donors (Lipinski definition) is 0. The SMILES string of the molecule is COc1ccc(C(C#N)N2CCN(C(=O)c3ccc(N4CCCC4=O)cc3)CC2)cc1. The van der Waals surface area contributed by atoms with E-state index >= 15 is 0 Å². The molecule has 1 unspecified atom stereocenters. The third-order valence-electron chi connectivity index (χ3n) is 6.02. The van der Waals surface area contributed by atoms with Gasteiger partial charge in [0.2, 0.25) is 5.91 Å². The predicted octanol–water partition coefficient (Wildman–Crippen LogP) is 2.84. The molecule has 0 bridgehead atoms. The maximum atomic E-state index is 12.9. The van der Waals surface area contributed by atoms with E-state index in [-0.39, 0.29) is 17.9 Å². The van der Waals surface area contributed by atoms with Gasteiger partial charge in [-0.2, -0.15) is 5.26 Å². The molecule has 0 N–H and O–H groups in total. The average molecular weight is 418 g/mol. The Hall–Kier alpha value is -3.37. The van der Waals surface area contributed by atoms with Crippen LogP contribution in [0, 0.1) is 11.3 Å². The van der Waals surface area contributed by atoms with Crippen molar-refractivity contribution in [2.24, 2.45) is 0 Å². The largest absolute Gasteiger partial charge is 0.497 e. The first-order valence-corrected chi connectivity index (χ1v) is 10.6. The number of piperazine rings is 1. The summed E-state index contributed by atoms with van der Waals surface area (Å²) < 4.78 is 5.19. The van der Waals surface area contributed by atoms with Crippen molar-refractivity contribution in [3.63, 3.8) is 0 Å². The highest BCUT2D eigenvalue weighted by Gasteiger charge is 2.28. The highest BCUT2D eigenvalue weighted by Crippen LogP contribution is 2.25. The first-order valence-electron chi connectivity index (χ1n) is 10.6. The fourth-order valence-corrected chi connectivity index (χ4v) is 4.22. The molecule has 2 amide bonds. The molecule has 160 valence electrons. The summed E-state index contributed by atoms with van der Waals surface area (Å²) in [4.78, 5) is 30.5. The van der Waals surface area contributed by atoms with Crippen LogP contribution in [0.3, 0.4) is 0 Å². The van der Waals surface area contributed by atoms with Gasteiger partial charge in [-0.3, -0.25) is 14.5 Å². The molecule has 2 fully saturated rings. The third kappa shape index (κ3) is 4.39. The Kier molecular flexibility index (Phi) is 6.19. The van der Waals surface area contributed by atoms with Gasteiger partial charge in [-0.25, -0.2) is 0 Å². The Morgan fingerprint density at radius 3 is 2.23 bits per heavy atom. The summed E-state index contributed by atoms with van der Waals surface area (Å²) in [5, 5.41) is 9.71. The lowest BCUT2D eigenvalue weighted by Crippen LogP contribution is -2.49. The first kappa shape index (κ1) is 20.9. The molecular formula is C24H26N4O3. The molecule has 2 saturated heterocycles. The monoisotopic (exact) mass is 418 g/mol. The van der Waals surface area contributed by atoms with Crippen molar-refractivity contribution < 1.29 is 14.3 Å². The van der Waals surface area contributed by atoms with Gasteiger partial charge in [-0.05, 0) is 48.4 Å². The van der Waals surface area contributed by atoms with E-state index in [0.717, 1.165) is 30.0 Å². The van der Waals surface area contributed by atoms with Crippen LogP contribution in [-0.2, 0) is 4.79 Å². The quantitative estimate of drug-likeness (QED) is 0.746. The summed E-state index contributed by atoms with van der Waals surface area (Å²) in [5.74, 6) is 0.881. The lowest BCUT2D eigenvalue weighted by atomic mass is 10.1. The number of carbonyl (C=O) groups excluding carboxylic acids is 2. The molecule has 0 spiro atoms. The lowest BCUT2D eigenvalue weighted by molar-refractivity contribution is -0.117. The number of nitriles is 1. The molecule has 0 radical (unpaired) electrons.